The number of nitrogens with one attached hydrogen (secondary N) is 3. The second-order valence-corrected chi connectivity index (χ2v) is 10.0. The molecule has 4 amide bonds. The Kier molecular flexibility index (Phi) is 10.4. The molecular weight excluding hydrogens is 535 g/mol. The zero-order valence-electron chi connectivity index (χ0n) is 23.0. The van der Waals surface area contributed by atoms with E-state index in [-0.39, 0.29) is 19.4 Å². The van der Waals surface area contributed by atoms with Gasteiger partial charge in [-0.05, 0) is 46.0 Å². The van der Waals surface area contributed by atoms with Crippen molar-refractivity contribution in [3.63, 3.8) is 0 Å². The molecular formula is C33H33FN4O4. The molecule has 0 heterocycles. The monoisotopic (exact) mass is 568 g/mol. The van der Waals surface area contributed by atoms with Crippen LogP contribution in [0.3, 0.4) is 0 Å². The van der Waals surface area contributed by atoms with Gasteiger partial charge in [0.1, 0.15) is 17.9 Å². The lowest BCUT2D eigenvalue weighted by atomic mass is 10.0. The Bertz CT molecular complexity index is 1540. The molecule has 0 aromatic heterocycles. The lowest BCUT2D eigenvalue weighted by Crippen LogP contribution is -2.55. The van der Waals surface area contributed by atoms with Gasteiger partial charge in [-0.2, -0.15) is 0 Å². The first kappa shape index (κ1) is 29.9. The number of carbonyl (C=O) groups excluding carboxylic acids is 4. The summed E-state index contributed by atoms with van der Waals surface area (Å²) in [7, 11) is 0. The van der Waals surface area contributed by atoms with E-state index in [4.69, 9.17) is 5.73 Å². The van der Waals surface area contributed by atoms with Gasteiger partial charge in [-0.1, -0.05) is 84.9 Å². The molecule has 0 aliphatic heterocycles. The topological polar surface area (TPSA) is 130 Å². The third-order valence-electron chi connectivity index (χ3n) is 6.86. The Morgan fingerprint density at radius 2 is 1.40 bits per heavy atom. The molecule has 5 N–H and O–H groups in total. The summed E-state index contributed by atoms with van der Waals surface area (Å²) in [4.78, 5) is 51.2. The van der Waals surface area contributed by atoms with E-state index < -0.39 is 48.0 Å². The van der Waals surface area contributed by atoms with E-state index in [1.54, 1.807) is 0 Å². The van der Waals surface area contributed by atoms with Crippen molar-refractivity contribution in [2.24, 2.45) is 5.73 Å². The fourth-order valence-electron chi connectivity index (χ4n) is 4.67. The normalized spacial score (nSPS) is 12.2. The number of benzene rings is 4. The zero-order chi connectivity index (χ0) is 29.9. The van der Waals surface area contributed by atoms with Gasteiger partial charge in [0.15, 0.2) is 0 Å². The van der Waals surface area contributed by atoms with E-state index in [0.29, 0.717) is 12.0 Å². The average molecular weight is 569 g/mol. The van der Waals surface area contributed by atoms with Crippen LogP contribution in [0.1, 0.15) is 29.5 Å². The highest BCUT2D eigenvalue weighted by molar-refractivity contribution is 5.95. The van der Waals surface area contributed by atoms with Crippen molar-refractivity contribution in [3.8, 4) is 0 Å². The lowest BCUT2D eigenvalue weighted by Gasteiger charge is -2.23. The van der Waals surface area contributed by atoms with Crippen LogP contribution in [-0.4, -0.2) is 35.7 Å². The molecule has 4 aromatic rings. The van der Waals surface area contributed by atoms with Gasteiger partial charge in [0, 0.05) is 19.4 Å². The Balaban J connectivity index is 1.47. The standard InChI is InChI=1S/C33H33FN4O4/c34-26-16-13-23(14-17-26)19-28(32(41)36-21-25-11-6-10-24-9-4-5-12-27(24)25)38-33(42)29(20-30(35)39)37-31(40)18-15-22-7-2-1-3-8-22/h1-14,16-17,28-29H,15,18-21H2,(H2,35,39)(H,36,41)(H,37,40)(H,38,42)/t28-,29-/m0/s1. The van der Waals surface area contributed by atoms with E-state index >= 15 is 0 Å². The zero-order valence-corrected chi connectivity index (χ0v) is 23.0. The second-order valence-electron chi connectivity index (χ2n) is 10.0. The van der Waals surface area contributed by atoms with E-state index in [9.17, 15) is 23.6 Å². The Morgan fingerprint density at radius 3 is 2.14 bits per heavy atom. The number of rotatable bonds is 13. The van der Waals surface area contributed by atoms with Gasteiger partial charge < -0.3 is 21.7 Å². The molecule has 0 radical (unpaired) electrons. The first-order valence-electron chi connectivity index (χ1n) is 13.7. The molecule has 0 saturated carbocycles. The number of carbonyl (C=O) groups is 4. The first-order chi connectivity index (χ1) is 20.3. The van der Waals surface area contributed by atoms with Crippen LogP contribution in [0.5, 0.6) is 0 Å². The SMILES string of the molecule is NC(=O)C[C@H](NC(=O)CCc1ccccc1)C(=O)N[C@@H](Cc1ccc(F)cc1)C(=O)NCc1cccc2ccccc12. The molecule has 0 bridgehead atoms. The van der Waals surface area contributed by atoms with Gasteiger partial charge in [0.05, 0.1) is 6.42 Å². The summed E-state index contributed by atoms with van der Waals surface area (Å²) < 4.78 is 13.5. The van der Waals surface area contributed by atoms with Gasteiger partial charge in [0.25, 0.3) is 0 Å². The van der Waals surface area contributed by atoms with Crippen LogP contribution in [0, 0.1) is 5.82 Å². The van der Waals surface area contributed by atoms with Crippen molar-refractivity contribution in [2.45, 2.75) is 44.3 Å². The predicted molar refractivity (Wildman–Crippen MR) is 158 cm³/mol. The number of hydrogen-bond acceptors (Lipinski definition) is 4. The largest absolute Gasteiger partial charge is 0.370 e. The van der Waals surface area contributed by atoms with Crippen LogP contribution in [0.15, 0.2) is 97.1 Å². The van der Waals surface area contributed by atoms with Crippen LogP contribution >= 0.6 is 0 Å². The minimum Gasteiger partial charge on any atom is -0.370 e. The molecule has 0 fully saturated rings. The fraction of sp³-hybridized carbons (Fsp3) is 0.212. The molecule has 4 aromatic carbocycles. The molecule has 42 heavy (non-hydrogen) atoms. The molecule has 0 spiro atoms. The van der Waals surface area contributed by atoms with Crippen LogP contribution in [0.25, 0.3) is 10.8 Å². The molecule has 8 nitrogen and oxygen atoms in total. The molecule has 216 valence electrons. The number of primary amides is 1. The average Bonchev–Trinajstić information content (AvgIpc) is 2.99. The van der Waals surface area contributed by atoms with Crippen LogP contribution in [0.4, 0.5) is 4.39 Å². The number of hydrogen-bond donors (Lipinski definition) is 4. The maximum Gasteiger partial charge on any atom is 0.243 e. The Labute approximate surface area is 243 Å². The summed E-state index contributed by atoms with van der Waals surface area (Å²) in [6.45, 7) is 0.205. The van der Waals surface area contributed by atoms with Gasteiger partial charge >= 0.3 is 0 Å². The van der Waals surface area contributed by atoms with Crippen LogP contribution in [0.2, 0.25) is 0 Å². The van der Waals surface area contributed by atoms with Crippen molar-refractivity contribution in [1.29, 1.82) is 0 Å². The van der Waals surface area contributed by atoms with Gasteiger partial charge in [0.2, 0.25) is 23.6 Å². The maximum absolute atomic E-state index is 13.5. The molecule has 0 saturated heterocycles. The number of halogens is 1. The molecule has 0 unspecified atom stereocenters. The first-order valence-corrected chi connectivity index (χ1v) is 13.7. The molecule has 4 rings (SSSR count). The minimum absolute atomic E-state index is 0.0542. The smallest absolute Gasteiger partial charge is 0.243 e. The molecule has 2 atom stereocenters. The van der Waals surface area contributed by atoms with Crippen molar-refractivity contribution >= 4 is 34.4 Å². The van der Waals surface area contributed by atoms with Crippen LogP contribution < -0.4 is 21.7 Å². The summed E-state index contributed by atoms with van der Waals surface area (Å²) in [5.74, 6) is -2.85. The third kappa shape index (κ3) is 8.72. The summed E-state index contributed by atoms with van der Waals surface area (Å²) in [5, 5.41) is 10.1. The Morgan fingerprint density at radius 1 is 0.714 bits per heavy atom. The predicted octanol–water partition coefficient (Wildman–Crippen LogP) is 3.32. The number of fused-ring (bicyclic) bond motifs is 1. The molecule has 0 aliphatic rings. The van der Waals surface area contributed by atoms with Gasteiger partial charge in [-0.15, -0.1) is 0 Å². The van der Waals surface area contributed by atoms with Gasteiger partial charge in [-0.25, -0.2) is 4.39 Å². The number of amides is 4. The van der Waals surface area contributed by atoms with Crippen molar-refractivity contribution in [3.05, 3.63) is 120 Å². The van der Waals surface area contributed by atoms with E-state index in [1.165, 1.54) is 24.3 Å². The molecule has 0 aliphatic carbocycles. The van der Waals surface area contributed by atoms with E-state index in [1.807, 2.05) is 72.8 Å². The Hall–Kier alpha value is -5.05. The highest BCUT2D eigenvalue weighted by atomic mass is 19.1. The lowest BCUT2D eigenvalue weighted by molar-refractivity contribution is -0.133. The minimum atomic E-state index is -1.27. The molecule has 9 heteroatoms. The van der Waals surface area contributed by atoms with Gasteiger partial charge in [-0.3, -0.25) is 19.2 Å². The fourth-order valence-corrected chi connectivity index (χ4v) is 4.67. The maximum atomic E-state index is 13.5. The van der Waals surface area contributed by atoms with E-state index in [0.717, 1.165) is 21.9 Å². The van der Waals surface area contributed by atoms with Crippen LogP contribution in [-0.2, 0) is 38.6 Å². The quantitative estimate of drug-likeness (QED) is 0.197. The summed E-state index contributed by atoms with van der Waals surface area (Å²) in [5.41, 5.74) is 7.83. The summed E-state index contributed by atoms with van der Waals surface area (Å²) >= 11 is 0. The second kappa shape index (κ2) is 14.5. The van der Waals surface area contributed by atoms with E-state index in [2.05, 4.69) is 16.0 Å². The number of aryl methyl sites for hydroxylation is 1. The highest BCUT2D eigenvalue weighted by Gasteiger charge is 2.28. The van der Waals surface area contributed by atoms with Crippen molar-refractivity contribution in [2.75, 3.05) is 0 Å². The number of nitrogens with two attached hydrogens (primary N) is 1. The third-order valence-corrected chi connectivity index (χ3v) is 6.86. The highest BCUT2D eigenvalue weighted by Crippen LogP contribution is 2.18. The van der Waals surface area contributed by atoms with Crippen molar-refractivity contribution in [1.82, 2.24) is 16.0 Å². The van der Waals surface area contributed by atoms with Crippen molar-refractivity contribution < 1.29 is 23.6 Å². The summed E-state index contributed by atoms with van der Waals surface area (Å²) in [6.07, 6.45) is 0.154. The summed E-state index contributed by atoms with van der Waals surface area (Å²) in [6, 6.07) is 26.2.